The van der Waals surface area contributed by atoms with Crippen LogP contribution in [0.5, 0.6) is 11.5 Å². The number of carbonyl (C=O) groups excluding carboxylic acids is 1. The van der Waals surface area contributed by atoms with E-state index in [1.165, 1.54) is 0 Å². The van der Waals surface area contributed by atoms with E-state index in [-0.39, 0.29) is 18.2 Å². The Balaban J connectivity index is 2.06. The highest BCUT2D eigenvalue weighted by Gasteiger charge is 2.14. The maximum Gasteiger partial charge on any atom is 0.324 e. The Hall–Kier alpha value is -3.39. The molecule has 0 atom stereocenters. The minimum atomic E-state index is -0.696. The third-order valence-corrected chi connectivity index (χ3v) is 2.37. The Kier molecular flexibility index (Phi) is 3.59. The smallest absolute Gasteiger partial charge is 0.324 e. The monoisotopic (exact) mass is 271 g/mol. The van der Waals surface area contributed by atoms with E-state index in [0.29, 0.717) is 17.2 Å². The normalized spacial score (nSPS) is 12.7. The predicted octanol–water partition coefficient (Wildman–Crippen LogP) is 0.754. The number of urea groups is 1. The molecule has 0 bridgehead atoms. The van der Waals surface area contributed by atoms with Gasteiger partial charge in [-0.2, -0.15) is 10.5 Å². The Labute approximate surface area is 114 Å². The standard InChI is InChI=1S/C12H9N5O3/c13-4-8(15)9(5-14)17-12(18)16-7-1-2-10-11(3-7)20-6-19-10/h1-3H,6,15H2,(H2,16,17,18)/b9-8-. The summed E-state index contributed by atoms with van der Waals surface area (Å²) < 4.78 is 10.3. The van der Waals surface area contributed by atoms with Crippen LogP contribution < -0.4 is 25.8 Å². The number of fused-ring (bicyclic) bond motifs is 1. The van der Waals surface area contributed by atoms with E-state index in [1.54, 1.807) is 30.3 Å². The van der Waals surface area contributed by atoms with E-state index >= 15 is 0 Å². The number of rotatable bonds is 2. The number of benzene rings is 1. The van der Waals surface area contributed by atoms with Gasteiger partial charge >= 0.3 is 6.03 Å². The van der Waals surface area contributed by atoms with E-state index < -0.39 is 6.03 Å². The summed E-state index contributed by atoms with van der Waals surface area (Å²) in [6.07, 6.45) is 0. The van der Waals surface area contributed by atoms with Crippen molar-refractivity contribution in [2.24, 2.45) is 5.73 Å². The quantitative estimate of drug-likeness (QED) is 0.680. The molecule has 0 radical (unpaired) electrons. The number of hydrogen-bond donors (Lipinski definition) is 3. The SMILES string of the molecule is N#C/C(N)=C(\C#N)NC(=O)Nc1ccc2c(c1)OCO2. The average Bonchev–Trinajstić information content (AvgIpc) is 2.91. The van der Waals surface area contributed by atoms with Crippen molar-refractivity contribution in [1.29, 1.82) is 10.5 Å². The molecule has 2 amide bonds. The number of ether oxygens (including phenoxy) is 2. The van der Waals surface area contributed by atoms with Crippen molar-refractivity contribution in [2.45, 2.75) is 0 Å². The first-order valence-corrected chi connectivity index (χ1v) is 5.41. The largest absolute Gasteiger partial charge is 0.454 e. The van der Waals surface area contributed by atoms with E-state index in [0.717, 1.165) is 0 Å². The number of amides is 2. The minimum absolute atomic E-state index is 0.130. The van der Waals surface area contributed by atoms with Gasteiger partial charge in [0.25, 0.3) is 0 Å². The zero-order valence-corrected chi connectivity index (χ0v) is 10.1. The molecule has 1 aromatic carbocycles. The number of allylic oxidation sites excluding steroid dienone is 2. The molecule has 0 saturated carbocycles. The van der Waals surface area contributed by atoms with Crippen LogP contribution >= 0.6 is 0 Å². The Bertz CT molecular complexity index is 669. The van der Waals surface area contributed by atoms with Crippen LogP contribution in [0.1, 0.15) is 0 Å². The number of nitrogens with one attached hydrogen (secondary N) is 2. The number of anilines is 1. The van der Waals surface area contributed by atoms with Crippen LogP contribution in [0.25, 0.3) is 0 Å². The molecule has 0 saturated heterocycles. The van der Waals surface area contributed by atoms with Crippen LogP contribution in [0.4, 0.5) is 10.5 Å². The van der Waals surface area contributed by atoms with Gasteiger partial charge in [0.15, 0.2) is 17.2 Å². The lowest BCUT2D eigenvalue weighted by Crippen LogP contribution is -2.29. The molecule has 0 aromatic heterocycles. The highest BCUT2D eigenvalue weighted by molar-refractivity contribution is 5.91. The molecule has 2 rings (SSSR count). The lowest BCUT2D eigenvalue weighted by molar-refractivity contribution is 0.174. The van der Waals surface area contributed by atoms with Gasteiger partial charge in [-0.1, -0.05) is 0 Å². The zero-order chi connectivity index (χ0) is 14.5. The van der Waals surface area contributed by atoms with Crippen molar-refractivity contribution in [3.63, 3.8) is 0 Å². The molecule has 100 valence electrons. The van der Waals surface area contributed by atoms with E-state index in [1.807, 2.05) is 0 Å². The van der Waals surface area contributed by atoms with Crippen molar-refractivity contribution < 1.29 is 14.3 Å². The van der Waals surface area contributed by atoms with Crippen molar-refractivity contribution in [3.8, 4) is 23.6 Å². The highest BCUT2D eigenvalue weighted by Crippen LogP contribution is 2.34. The van der Waals surface area contributed by atoms with Crippen LogP contribution in [0.3, 0.4) is 0 Å². The van der Waals surface area contributed by atoms with Crippen molar-refractivity contribution >= 4 is 11.7 Å². The molecule has 0 aliphatic carbocycles. The van der Waals surface area contributed by atoms with E-state index in [2.05, 4.69) is 10.6 Å². The molecule has 1 aliphatic heterocycles. The first-order chi connectivity index (χ1) is 9.63. The fourth-order valence-electron chi connectivity index (χ4n) is 1.46. The Morgan fingerprint density at radius 1 is 1.25 bits per heavy atom. The van der Waals surface area contributed by atoms with Gasteiger partial charge in [0.2, 0.25) is 6.79 Å². The molecule has 0 fully saturated rings. The number of nitrogens with zero attached hydrogens (tertiary/aromatic N) is 2. The molecular formula is C12H9N5O3. The Morgan fingerprint density at radius 3 is 2.70 bits per heavy atom. The van der Waals surface area contributed by atoms with Crippen molar-refractivity contribution in [2.75, 3.05) is 12.1 Å². The van der Waals surface area contributed by atoms with Gasteiger partial charge < -0.3 is 20.5 Å². The second-order valence-corrected chi connectivity index (χ2v) is 3.66. The third kappa shape index (κ3) is 2.71. The number of carbonyl (C=O) groups is 1. The van der Waals surface area contributed by atoms with Crippen LogP contribution in [0, 0.1) is 22.7 Å². The molecule has 1 heterocycles. The second-order valence-electron chi connectivity index (χ2n) is 3.66. The second kappa shape index (κ2) is 5.50. The minimum Gasteiger partial charge on any atom is -0.454 e. The van der Waals surface area contributed by atoms with Crippen LogP contribution in [0.15, 0.2) is 29.6 Å². The first kappa shape index (κ1) is 13.1. The summed E-state index contributed by atoms with van der Waals surface area (Å²) in [6.45, 7) is 0.130. The number of nitrogens with two attached hydrogens (primary N) is 1. The van der Waals surface area contributed by atoms with E-state index in [9.17, 15) is 4.79 Å². The molecule has 20 heavy (non-hydrogen) atoms. The lowest BCUT2D eigenvalue weighted by Gasteiger charge is -2.07. The Morgan fingerprint density at radius 2 is 2.00 bits per heavy atom. The summed E-state index contributed by atoms with van der Waals surface area (Å²) in [6, 6.07) is 7.33. The molecule has 8 nitrogen and oxygen atoms in total. The summed E-state index contributed by atoms with van der Waals surface area (Å²) in [5.41, 5.74) is 5.02. The van der Waals surface area contributed by atoms with Crippen molar-refractivity contribution in [1.82, 2.24) is 5.32 Å². The average molecular weight is 271 g/mol. The summed E-state index contributed by atoms with van der Waals surface area (Å²) in [5.74, 6) is 1.10. The number of nitriles is 2. The molecule has 4 N–H and O–H groups in total. The van der Waals surface area contributed by atoms with Crippen molar-refractivity contribution in [3.05, 3.63) is 29.6 Å². The molecule has 1 aliphatic rings. The molecule has 8 heteroatoms. The van der Waals surface area contributed by atoms with Gasteiger partial charge in [-0.25, -0.2) is 4.79 Å². The van der Waals surface area contributed by atoms with Gasteiger partial charge in [-0.05, 0) is 12.1 Å². The lowest BCUT2D eigenvalue weighted by atomic mass is 10.3. The fraction of sp³-hybridized carbons (Fsp3) is 0.0833. The third-order valence-electron chi connectivity index (χ3n) is 2.37. The number of hydrogen-bond acceptors (Lipinski definition) is 6. The zero-order valence-electron chi connectivity index (χ0n) is 10.1. The van der Waals surface area contributed by atoms with Crippen LogP contribution in [-0.2, 0) is 0 Å². The summed E-state index contributed by atoms with van der Waals surface area (Å²) >= 11 is 0. The molecular weight excluding hydrogens is 262 g/mol. The van der Waals surface area contributed by atoms with Crippen LogP contribution in [-0.4, -0.2) is 12.8 Å². The van der Waals surface area contributed by atoms with Gasteiger partial charge in [-0.15, -0.1) is 0 Å². The van der Waals surface area contributed by atoms with E-state index in [4.69, 9.17) is 25.7 Å². The topological polar surface area (TPSA) is 133 Å². The molecule has 0 spiro atoms. The highest BCUT2D eigenvalue weighted by atomic mass is 16.7. The molecule has 0 unspecified atom stereocenters. The molecule has 1 aromatic rings. The van der Waals surface area contributed by atoms with Gasteiger partial charge in [-0.3, -0.25) is 5.32 Å². The fourth-order valence-corrected chi connectivity index (χ4v) is 1.46. The van der Waals surface area contributed by atoms with Gasteiger partial charge in [0.05, 0.1) is 0 Å². The summed E-state index contributed by atoms with van der Waals surface area (Å²) in [4.78, 5) is 11.7. The maximum absolute atomic E-state index is 11.7. The summed E-state index contributed by atoms with van der Waals surface area (Å²) in [5, 5.41) is 22.0. The first-order valence-electron chi connectivity index (χ1n) is 5.41. The maximum atomic E-state index is 11.7. The summed E-state index contributed by atoms with van der Waals surface area (Å²) in [7, 11) is 0. The van der Waals surface area contributed by atoms with Gasteiger partial charge in [0.1, 0.15) is 17.8 Å². The van der Waals surface area contributed by atoms with Crippen LogP contribution in [0.2, 0.25) is 0 Å². The predicted molar refractivity (Wildman–Crippen MR) is 67.2 cm³/mol. The van der Waals surface area contributed by atoms with Gasteiger partial charge in [0, 0.05) is 11.8 Å².